The zero-order chi connectivity index (χ0) is 24.5. The van der Waals surface area contributed by atoms with E-state index in [2.05, 4.69) is 9.97 Å². The third-order valence-electron chi connectivity index (χ3n) is 5.50. The zero-order valence-electron chi connectivity index (χ0n) is 18.2. The van der Waals surface area contributed by atoms with Crippen LogP contribution in [0.2, 0.25) is 10.0 Å². The lowest BCUT2D eigenvalue weighted by atomic mass is 9.96. The van der Waals surface area contributed by atoms with Crippen LogP contribution in [0, 0.1) is 0 Å². The summed E-state index contributed by atoms with van der Waals surface area (Å²) in [6.45, 7) is 1.87. The molecule has 0 radical (unpaired) electrons. The lowest BCUT2D eigenvalue weighted by molar-refractivity contribution is -0.133. The Morgan fingerprint density at radius 3 is 2.44 bits per heavy atom. The quantitative estimate of drug-likeness (QED) is 0.251. The molecule has 0 amide bonds. The van der Waals surface area contributed by atoms with Gasteiger partial charge in [-0.3, -0.25) is 0 Å². The molecule has 0 aliphatic heterocycles. The molecule has 3 nitrogen and oxygen atoms in total. The van der Waals surface area contributed by atoms with Crippen molar-refractivity contribution in [1.29, 1.82) is 0 Å². The maximum atomic E-state index is 12.8. The fourth-order valence-corrected chi connectivity index (χ4v) is 5.31. The zero-order valence-corrected chi connectivity index (χ0v) is 20.5. The molecule has 0 saturated carbocycles. The summed E-state index contributed by atoms with van der Waals surface area (Å²) in [7, 11) is 0. The van der Waals surface area contributed by atoms with E-state index < -0.39 is 23.8 Å². The Bertz CT molecular complexity index is 1310. The fraction of sp³-hybridized carbons (Fsp3) is 0.240. The molecule has 0 aliphatic carbocycles. The van der Waals surface area contributed by atoms with E-state index in [1.54, 1.807) is 30.3 Å². The number of hydrogen-bond donors (Lipinski definition) is 1. The number of fused-ring (bicyclic) bond motifs is 1. The molecule has 4 aromatic rings. The first-order valence-corrected chi connectivity index (χ1v) is 12.7. The summed E-state index contributed by atoms with van der Waals surface area (Å²) >= 11 is 12.2. The van der Waals surface area contributed by atoms with Gasteiger partial charge in [0.15, 0.2) is 4.90 Å². The lowest BCUT2D eigenvalue weighted by Crippen LogP contribution is -2.09. The molecule has 4 rings (SSSR count). The van der Waals surface area contributed by atoms with Crippen molar-refractivity contribution in [3.63, 3.8) is 0 Å². The highest BCUT2D eigenvalue weighted by Gasteiger charge is 2.27. The van der Waals surface area contributed by atoms with Crippen LogP contribution in [-0.2, 0) is 24.0 Å². The van der Waals surface area contributed by atoms with Crippen molar-refractivity contribution in [2.75, 3.05) is 5.75 Å². The number of alkyl halides is 3. The van der Waals surface area contributed by atoms with Gasteiger partial charge in [-0.2, -0.15) is 13.2 Å². The van der Waals surface area contributed by atoms with Crippen molar-refractivity contribution in [1.82, 2.24) is 9.97 Å². The van der Waals surface area contributed by atoms with Crippen LogP contribution in [0.4, 0.5) is 13.2 Å². The third kappa shape index (κ3) is 5.54. The number of nitrogens with one attached hydrogen (secondary N) is 1. The minimum absolute atomic E-state index is 0.172. The van der Waals surface area contributed by atoms with Crippen LogP contribution in [0.1, 0.15) is 30.3 Å². The maximum absolute atomic E-state index is 12.8. The number of nitrogens with zero attached hydrogens (tertiary/aromatic N) is 1. The van der Waals surface area contributed by atoms with E-state index in [1.165, 1.54) is 0 Å². The van der Waals surface area contributed by atoms with Gasteiger partial charge in [-0.15, -0.1) is 0 Å². The summed E-state index contributed by atoms with van der Waals surface area (Å²) in [5.41, 5.74) is 3.68. The number of aryl methyl sites for hydroxylation is 1. The SMILES string of the molecule is CC[S+]([O-])c1ccc(Cc2nc3c(Cl)c(-c4ccccc4CCC(F)(F)F)c(Cl)cc3[nH]2)cc1. The van der Waals surface area contributed by atoms with E-state index in [9.17, 15) is 17.7 Å². The summed E-state index contributed by atoms with van der Waals surface area (Å²) in [5.74, 6) is 1.23. The summed E-state index contributed by atoms with van der Waals surface area (Å²) in [5, 5.41) is 0.622. The number of hydrogen-bond acceptors (Lipinski definition) is 2. The maximum Gasteiger partial charge on any atom is 0.389 e. The first-order valence-electron chi connectivity index (χ1n) is 10.6. The van der Waals surface area contributed by atoms with Gasteiger partial charge in [0, 0.05) is 18.4 Å². The standard InChI is InChI=1S/C25H21Cl2F3N2OS/c1-2-34(33)17-9-7-15(8-10-17)13-21-31-20-14-19(26)22(23(27)24(20)32-21)18-6-4-3-5-16(18)11-12-25(28,29)30/h3-10,14H,2,11-13H2,1H3,(H,31,32). The van der Waals surface area contributed by atoms with E-state index >= 15 is 0 Å². The first-order chi connectivity index (χ1) is 16.2. The molecule has 1 heterocycles. The number of imidazole rings is 1. The molecule has 3 aromatic carbocycles. The molecule has 9 heteroatoms. The van der Waals surface area contributed by atoms with Gasteiger partial charge in [-0.05, 0) is 59.4 Å². The van der Waals surface area contributed by atoms with E-state index in [0.29, 0.717) is 50.7 Å². The van der Waals surface area contributed by atoms with Crippen molar-refractivity contribution >= 4 is 45.4 Å². The monoisotopic (exact) mass is 524 g/mol. The first kappa shape index (κ1) is 24.9. The van der Waals surface area contributed by atoms with Crippen LogP contribution in [0.25, 0.3) is 22.2 Å². The molecular weight excluding hydrogens is 504 g/mol. The van der Waals surface area contributed by atoms with Crippen LogP contribution in [0.5, 0.6) is 0 Å². The molecule has 0 fully saturated rings. The minimum Gasteiger partial charge on any atom is -0.611 e. The van der Waals surface area contributed by atoms with Crippen molar-refractivity contribution in [2.45, 2.75) is 37.3 Å². The molecule has 34 heavy (non-hydrogen) atoms. The Morgan fingerprint density at radius 2 is 1.76 bits per heavy atom. The van der Waals surface area contributed by atoms with Gasteiger partial charge in [-0.25, -0.2) is 4.98 Å². The van der Waals surface area contributed by atoms with Crippen LogP contribution in [0.15, 0.2) is 59.5 Å². The highest BCUT2D eigenvalue weighted by atomic mass is 35.5. The molecular formula is C25H21Cl2F3N2OS. The van der Waals surface area contributed by atoms with Gasteiger partial charge in [0.25, 0.3) is 0 Å². The molecule has 1 aromatic heterocycles. The average Bonchev–Trinajstić information content (AvgIpc) is 3.20. The van der Waals surface area contributed by atoms with Gasteiger partial charge in [-0.1, -0.05) is 59.6 Å². The van der Waals surface area contributed by atoms with Crippen molar-refractivity contribution in [3.8, 4) is 11.1 Å². The second-order valence-corrected chi connectivity index (χ2v) is 10.4. The predicted molar refractivity (Wildman–Crippen MR) is 132 cm³/mol. The Hall–Kier alpha value is -2.19. The van der Waals surface area contributed by atoms with Crippen LogP contribution in [0.3, 0.4) is 0 Å². The number of halogens is 5. The second-order valence-electron chi connectivity index (χ2n) is 7.85. The largest absolute Gasteiger partial charge is 0.611 e. The summed E-state index contributed by atoms with van der Waals surface area (Å²) in [6.07, 6.45) is -4.86. The van der Waals surface area contributed by atoms with Gasteiger partial charge >= 0.3 is 6.18 Å². The number of aromatic amines is 1. The molecule has 0 aliphatic rings. The second kappa shape index (κ2) is 10.2. The van der Waals surface area contributed by atoms with E-state index in [4.69, 9.17) is 23.2 Å². The van der Waals surface area contributed by atoms with Crippen molar-refractivity contribution < 1.29 is 17.7 Å². The Balaban J connectivity index is 1.67. The van der Waals surface area contributed by atoms with Gasteiger partial charge in [0.05, 0.1) is 15.6 Å². The Morgan fingerprint density at radius 1 is 1.06 bits per heavy atom. The number of benzene rings is 3. The third-order valence-corrected chi connectivity index (χ3v) is 7.49. The molecule has 0 saturated heterocycles. The number of aromatic nitrogens is 2. The van der Waals surface area contributed by atoms with Crippen molar-refractivity contribution in [3.05, 3.63) is 81.6 Å². The smallest absolute Gasteiger partial charge is 0.389 e. The highest BCUT2D eigenvalue weighted by Crippen LogP contribution is 2.41. The number of rotatable bonds is 7. The number of H-pyrrole nitrogens is 1. The van der Waals surface area contributed by atoms with E-state index in [0.717, 1.165) is 10.5 Å². The summed E-state index contributed by atoms with van der Waals surface area (Å²) in [6, 6.07) is 16.0. The van der Waals surface area contributed by atoms with Gasteiger partial charge in [0.1, 0.15) is 17.1 Å². The van der Waals surface area contributed by atoms with Crippen molar-refractivity contribution in [2.24, 2.45) is 0 Å². The fourth-order valence-electron chi connectivity index (χ4n) is 3.84. The van der Waals surface area contributed by atoms with Crippen LogP contribution in [-0.4, -0.2) is 26.4 Å². The van der Waals surface area contributed by atoms with Crippen LogP contribution < -0.4 is 0 Å². The summed E-state index contributed by atoms with van der Waals surface area (Å²) in [4.78, 5) is 8.64. The Labute approximate surface area is 208 Å². The topological polar surface area (TPSA) is 51.7 Å². The molecule has 0 spiro atoms. The summed E-state index contributed by atoms with van der Waals surface area (Å²) < 4.78 is 50.4. The average molecular weight is 525 g/mol. The Kier molecular flexibility index (Phi) is 7.48. The van der Waals surface area contributed by atoms with Gasteiger partial charge in [0.2, 0.25) is 0 Å². The highest BCUT2D eigenvalue weighted by molar-refractivity contribution is 7.91. The molecule has 178 valence electrons. The van der Waals surface area contributed by atoms with E-state index in [-0.39, 0.29) is 11.4 Å². The molecule has 1 unspecified atom stereocenters. The van der Waals surface area contributed by atoms with E-state index in [1.807, 2.05) is 31.2 Å². The normalized spacial score (nSPS) is 12.9. The van der Waals surface area contributed by atoms with Gasteiger partial charge < -0.3 is 9.54 Å². The lowest BCUT2D eigenvalue weighted by Gasteiger charge is -2.14. The molecule has 1 atom stereocenters. The van der Waals surface area contributed by atoms with Crippen LogP contribution >= 0.6 is 23.2 Å². The molecule has 1 N–H and O–H groups in total. The predicted octanol–water partition coefficient (Wildman–Crippen LogP) is 7.75. The molecule has 0 bridgehead atoms. The minimum atomic E-state index is -4.26.